The molecular weight excluding hydrogens is 448 g/mol. The molecule has 4 rings (SSSR count). The number of aliphatic carboxylic acids is 1. The van der Waals surface area contributed by atoms with Crippen LogP contribution in [0.4, 0.5) is 10.6 Å². The molecule has 0 spiro atoms. The fourth-order valence-electron chi connectivity index (χ4n) is 4.29. The van der Waals surface area contributed by atoms with Crippen LogP contribution in [0, 0.1) is 5.41 Å². The van der Waals surface area contributed by atoms with E-state index in [4.69, 9.17) is 4.74 Å². The summed E-state index contributed by atoms with van der Waals surface area (Å²) in [6, 6.07) is 16.4. The molecule has 0 saturated heterocycles. The van der Waals surface area contributed by atoms with Gasteiger partial charge in [-0.2, -0.15) is 5.10 Å². The van der Waals surface area contributed by atoms with Crippen molar-refractivity contribution in [2.45, 2.75) is 32.7 Å². The summed E-state index contributed by atoms with van der Waals surface area (Å²) in [7, 11) is 1.56. The van der Waals surface area contributed by atoms with Crippen molar-refractivity contribution in [1.82, 2.24) is 15.1 Å². The number of nitrogens with zero attached hydrogens (tertiary/aromatic N) is 2. The van der Waals surface area contributed by atoms with Gasteiger partial charge in [0.15, 0.2) is 5.69 Å². The Labute approximate surface area is 203 Å². The Morgan fingerprint density at radius 1 is 1.06 bits per heavy atom. The maximum Gasteiger partial charge on any atom is 0.412 e. The quantitative estimate of drug-likeness (QED) is 0.494. The van der Waals surface area contributed by atoms with Crippen LogP contribution >= 0.6 is 0 Å². The van der Waals surface area contributed by atoms with Crippen LogP contribution in [-0.2, 0) is 16.6 Å². The Bertz CT molecular complexity index is 1250. The first-order chi connectivity index (χ1) is 16.6. The Balaban J connectivity index is 1.42. The molecule has 2 amide bonds. The third kappa shape index (κ3) is 4.89. The van der Waals surface area contributed by atoms with Crippen LogP contribution < -0.4 is 10.6 Å². The van der Waals surface area contributed by atoms with E-state index in [0.29, 0.717) is 0 Å². The number of anilines is 1. The highest BCUT2D eigenvalue weighted by molar-refractivity contribution is 5.96. The van der Waals surface area contributed by atoms with Crippen LogP contribution in [0.15, 0.2) is 54.6 Å². The molecule has 0 radical (unpaired) electrons. The third-order valence-corrected chi connectivity index (χ3v) is 6.07. The SMILES string of the molecule is Cn1nc(C(=O)N[C@@H](C(=O)O)C(C)(C)C)cc1NC(=O)OCC1c2ccccc2-c2ccccc21. The van der Waals surface area contributed by atoms with E-state index in [2.05, 4.69) is 27.9 Å². The zero-order chi connectivity index (χ0) is 25.3. The van der Waals surface area contributed by atoms with Crippen LogP contribution in [0.5, 0.6) is 0 Å². The predicted molar refractivity (Wildman–Crippen MR) is 130 cm³/mol. The number of hydrogen-bond donors (Lipinski definition) is 3. The maximum absolute atomic E-state index is 12.6. The molecular formula is C26H28N4O5. The second kappa shape index (κ2) is 9.25. The predicted octanol–water partition coefficient (Wildman–Crippen LogP) is 4.01. The highest BCUT2D eigenvalue weighted by atomic mass is 16.5. The van der Waals surface area contributed by atoms with Gasteiger partial charge in [0, 0.05) is 19.0 Å². The number of carboxylic acids is 1. The van der Waals surface area contributed by atoms with Gasteiger partial charge in [-0.3, -0.25) is 14.8 Å². The van der Waals surface area contributed by atoms with Crippen LogP contribution in [0.3, 0.4) is 0 Å². The lowest BCUT2D eigenvalue weighted by Crippen LogP contribution is -2.49. The van der Waals surface area contributed by atoms with Crippen molar-refractivity contribution in [2.75, 3.05) is 11.9 Å². The molecule has 0 unspecified atom stereocenters. The van der Waals surface area contributed by atoms with Crippen molar-refractivity contribution >= 4 is 23.8 Å². The van der Waals surface area contributed by atoms with Crippen LogP contribution in [0.2, 0.25) is 0 Å². The van der Waals surface area contributed by atoms with Gasteiger partial charge in [0.25, 0.3) is 5.91 Å². The van der Waals surface area contributed by atoms with Crippen molar-refractivity contribution < 1.29 is 24.2 Å². The van der Waals surface area contributed by atoms with Crippen LogP contribution in [-0.4, -0.2) is 45.5 Å². The Morgan fingerprint density at radius 3 is 2.17 bits per heavy atom. The lowest BCUT2D eigenvalue weighted by molar-refractivity contribution is -0.142. The number of nitrogens with one attached hydrogen (secondary N) is 2. The van der Waals surface area contributed by atoms with Gasteiger partial charge in [0.2, 0.25) is 0 Å². The molecule has 1 aromatic heterocycles. The number of benzene rings is 2. The molecule has 0 saturated carbocycles. The number of fused-ring (bicyclic) bond motifs is 3. The molecule has 1 atom stereocenters. The molecule has 3 aromatic rings. The summed E-state index contributed by atoms with van der Waals surface area (Å²) in [5.74, 6) is -1.62. The van der Waals surface area contributed by atoms with E-state index in [1.54, 1.807) is 27.8 Å². The van der Waals surface area contributed by atoms with Crippen molar-refractivity contribution in [1.29, 1.82) is 0 Å². The number of carbonyl (C=O) groups is 3. The molecule has 9 heteroatoms. The van der Waals surface area contributed by atoms with Gasteiger partial charge in [-0.15, -0.1) is 0 Å². The minimum absolute atomic E-state index is 0.0167. The fraction of sp³-hybridized carbons (Fsp3) is 0.308. The average Bonchev–Trinajstić information content (AvgIpc) is 3.32. The maximum atomic E-state index is 12.6. The lowest BCUT2D eigenvalue weighted by atomic mass is 9.86. The van der Waals surface area contributed by atoms with Gasteiger partial charge in [-0.05, 0) is 27.7 Å². The van der Waals surface area contributed by atoms with Crippen molar-refractivity contribution in [3.05, 3.63) is 71.4 Å². The highest BCUT2D eigenvalue weighted by Crippen LogP contribution is 2.44. The summed E-state index contributed by atoms with van der Waals surface area (Å²) in [6.45, 7) is 5.30. The van der Waals surface area contributed by atoms with Crippen molar-refractivity contribution in [2.24, 2.45) is 12.5 Å². The molecule has 1 heterocycles. The van der Waals surface area contributed by atoms with Gasteiger partial charge in [0.1, 0.15) is 18.5 Å². The minimum Gasteiger partial charge on any atom is -0.480 e. The first-order valence-corrected chi connectivity index (χ1v) is 11.3. The molecule has 35 heavy (non-hydrogen) atoms. The summed E-state index contributed by atoms with van der Waals surface area (Å²) in [6.07, 6.45) is -0.681. The van der Waals surface area contributed by atoms with E-state index in [-0.39, 0.29) is 24.0 Å². The van der Waals surface area contributed by atoms with Crippen LogP contribution in [0.25, 0.3) is 11.1 Å². The fourth-order valence-corrected chi connectivity index (χ4v) is 4.29. The smallest absolute Gasteiger partial charge is 0.412 e. The number of ether oxygens (including phenoxy) is 1. The summed E-state index contributed by atoms with van der Waals surface area (Å²) in [4.78, 5) is 36.7. The topological polar surface area (TPSA) is 123 Å². The summed E-state index contributed by atoms with van der Waals surface area (Å²) >= 11 is 0. The number of rotatable bonds is 6. The molecule has 182 valence electrons. The number of carbonyl (C=O) groups excluding carboxylic acids is 2. The molecule has 0 bridgehead atoms. The third-order valence-electron chi connectivity index (χ3n) is 6.07. The van der Waals surface area contributed by atoms with Gasteiger partial charge in [0.05, 0.1) is 0 Å². The molecule has 0 fully saturated rings. The van der Waals surface area contributed by atoms with Crippen LogP contribution in [0.1, 0.15) is 48.3 Å². The Kier molecular flexibility index (Phi) is 6.34. The monoisotopic (exact) mass is 476 g/mol. The molecule has 2 aromatic carbocycles. The van der Waals surface area contributed by atoms with Crippen molar-refractivity contribution in [3.63, 3.8) is 0 Å². The first kappa shape index (κ1) is 24.0. The average molecular weight is 477 g/mol. The number of aryl methyl sites for hydroxylation is 1. The molecule has 3 N–H and O–H groups in total. The van der Waals surface area contributed by atoms with E-state index in [0.717, 1.165) is 22.3 Å². The number of aromatic nitrogens is 2. The Morgan fingerprint density at radius 2 is 1.63 bits per heavy atom. The molecule has 9 nitrogen and oxygen atoms in total. The highest BCUT2D eigenvalue weighted by Gasteiger charge is 2.33. The largest absolute Gasteiger partial charge is 0.480 e. The summed E-state index contributed by atoms with van der Waals surface area (Å²) in [5, 5.41) is 18.6. The van der Waals surface area contributed by atoms with Gasteiger partial charge in [-0.25, -0.2) is 9.59 Å². The number of carboxylic acid groups (broad SMARTS) is 1. The van der Waals surface area contributed by atoms with E-state index in [9.17, 15) is 19.5 Å². The molecule has 1 aliphatic rings. The van der Waals surface area contributed by atoms with Gasteiger partial charge in [-0.1, -0.05) is 69.3 Å². The summed E-state index contributed by atoms with van der Waals surface area (Å²) < 4.78 is 6.86. The zero-order valence-electron chi connectivity index (χ0n) is 20.0. The van der Waals surface area contributed by atoms with Crippen molar-refractivity contribution in [3.8, 4) is 11.1 Å². The minimum atomic E-state index is -1.14. The second-order valence-electron chi connectivity index (χ2n) is 9.60. The number of hydrogen-bond acceptors (Lipinski definition) is 5. The van der Waals surface area contributed by atoms with Gasteiger partial charge < -0.3 is 15.2 Å². The normalized spacial score (nSPS) is 13.5. The van der Waals surface area contributed by atoms with E-state index in [1.165, 1.54) is 10.7 Å². The lowest BCUT2D eigenvalue weighted by Gasteiger charge is -2.27. The zero-order valence-corrected chi connectivity index (χ0v) is 20.0. The Hall–Kier alpha value is -4.14. The molecule has 1 aliphatic carbocycles. The van der Waals surface area contributed by atoms with Gasteiger partial charge >= 0.3 is 12.1 Å². The molecule has 0 aliphatic heterocycles. The van der Waals surface area contributed by atoms with E-state index < -0.39 is 29.4 Å². The first-order valence-electron chi connectivity index (χ1n) is 11.3. The van der Waals surface area contributed by atoms with E-state index >= 15 is 0 Å². The second-order valence-corrected chi connectivity index (χ2v) is 9.60. The number of amides is 2. The van der Waals surface area contributed by atoms with E-state index in [1.807, 2.05) is 36.4 Å². The standard InChI is InChI=1S/C26H28N4O5/c1-26(2,3)22(24(32)33)28-23(31)20-13-21(30(4)29-20)27-25(34)35-14-19-17-11-7-5-9-15(17)16-10-6-8-12-18(16)19/h5-13,19,22H,14H2,1-4H3,(H,27,34)(H,28,31)(H,32,33)/t22-/m0/s1. The summed E-state index contributed by atoms with van der Waals surface area (Å²) in [5.41, 5.74) is 3.76.